The number of benzene rings is 2. The Bertz CT molecular complexity index is 699. The Morgan fingerprint density at radius 1 is 1.29 bits per heavy atom. The van der Waals surface area contributed by atoms with Gasteiger partial charge in [0.15, 0.2) is 0 Å². The lowest BCUT2D eigenvalue weighted by Gasteiger charge is -2.25. The standard InChI is InChI=1S/C17H17FN2O/c1-20(16-9-7-11-4-2-3-5-13(11)16)17(21)12-6-8-14(18)15(19)10-12/h2-6,8,10,16H,7,9,19H2,1H3. The molecule has 0 aliphatic heterocycles. The van der Waals surface area contributed by atoms with Crippen LogP contribution in [0.2, 0.25) is 0 Å². The van der Waals surface area contributed by atoms with E-state index in [1.165, 1.54) is 29.3 Å². The van der Waals surface area contributed by atoms with Crippen molar-refractivity contribution < 1.29 is 9.18 Å². The molecule has 0 aromatic heterocycles. The monoisotopic (exact) mass is 284 g/mol. The molecule has 0 spiro atoms. The molecule has 108 valence electrons. The highest BCUT2D eigenvalue weighted by Gasteiger charge is 2.28. The third-order valence-electron chi connectivity index (χ3n) is 4.13. The number of amides is 1. The highest BCUT2D eigenvalue weighted by atomic mass is 19.1. The van der Waals surface area contributed by atoms with Crippen LogP contribution in [-0.2, 0) is 6.42 Å². The van der Waals surface area contributed by atoms with Crippen LogP contribution in [0.25, 0.3) is 0 Å². The molecule has 3 nitrogen and oxygen atoms in total. The molecule has 2 aromatic rings. The van der Waals surface area contributed by atoms with Gasteiger partial charge < -0.3 is 10.6 Å². The number of nitrogen functional groups attached to an aromatic ring is 1. The van der Waals surface area contributed by atoms with Crippen molar-refractivity contribution >= 4 is 11.6 Å². The summed E-state index contributed by atoms with van der Waals surface area (Å²) in [5, 5.41) is 0. The Hall–Kier alpha value is -2.36. The van der Waals surface area contributed by atoms with Crippen LogP contribution in [0.5, 0.6) is 0 Å². The van der Waals surface area contributed by atoms with E-state index < -0.39 is 5.82 Å². The van der Waals surface area contributed by atoms with E-state index in [1.54, 1.807) is 11.9 Å². The zero-order valence-corrected chi connectivity index (χ0v) is 11.8. The van der Waals surface area contributed by atoms with Crippen LogP contribution in [0, 0.1) is 5.82 Å². The molecule has 0 fully saturated rings. The molecule has 1 amide bonds. The van der Waals surface area contributed by atoms with Crippen molar-refractivity contribution in [3.8, 4) is 0 Å². The maximum absolute atomic E-state index is 13.2. The normalized spacial score (nSPS) is 16.6. The van der Waals surface area contributed by atoms with E-state index >= 15 is 0 Å². The Morgan fingerprint density at radius 2 is 2.05 bits per heavy atom. The predicted molar refractivity (Wildman–Crippen MR) is 80.4 cm³/mol. The summed E-state index contributed by atoms with van der Waals surface area (Å²) in [5.41, 5.74) is 8.45. The van der Waals surface area contributed by atoms with Crippen LogP contribution in [0.3, 0.4) is 0 Å². The zero-order valence-electron chi connectivity index (χ0n) is 11.8. The van der Waals surface area contributed by atoms with Gasteiger partial charge in [-0.1, -0.05) is 24.3 Å². The van der Waals surface area contributed by atoms with Gasteiger partial charge in [-0.2, -0.15) is 0 Å². The van der Waals surface area contributed by atoms with Gasteiger partial charge in [0.1, 0.15) is 5.82 Å². The number of anilines is 1. The summed E-state index contributed by atoms with van der Waals surface area (Å²) < 4.78 is 13.2. The molecular weight excluding hydrogens is 267 g/mol. The van der Waals surface area contributed by atoms with E-state index in [9.17, 15) is 9.18 Å². The van der Waals surface area contributed by atoms with Crippen LogP contribution < -0.4 is 5.73 Å². The maximum atomic E-state index is 13.2. The lowest BCUT2D eigenvalue weighted by Crippen LogP contribution is -2.30. The third kappa shape index (κ3) is 2.37. The number of hydrogen-bond donors (Lipinski definition) is 1. The average Bonchev–Trinajstić information content (AvgIpc) is 2.92. The third-order valence-corrected chi connectivity index (χ3v) is 4.13. The molecule has 2 N–H and O–H groups in total. The maximum Gasteiger partial charge on any atom is 0.254 e. The van der Waals surface area contributed by atoms with Gasteiger partial charge in [0.05, 0.1) is 11.7 Å². The molecule has 0 saturated carbocycles. The van der Waals surface area contributed by atoms with Crippen LogP contribution in [0.4, 0.5) is 10.1 Å². The Morgan fingerprint density at radius 3 is 2.81 bits per heavy atom. The summed E-state index contributed by atoms with van der Waals surface area (Å²) in [6, 6.07) is 12.4. The van der Waals surface area contributed by atoms with E-state index in [-0.39, 0.29) is 17.6 Å². The summed E-state index contributed by atoms with van der Waals surface area (Å²) in [6.07, 6.45) is 1.89. The molecule has 0 saturated heterocycles. The largest absolute Gasteiger partial charge is 0.396 e. The van der Waals surface area contributed by atoms with Crippen LogP contribution in [-0.4, -0.2) is 17.9 Å². The summed E-state index contributed by atoms with van der Waals surface area (Å²) in [7, 11) is 1.79. The number of halogens is 1. The molecule has 21 heavy (non-hydrogen) atoms. The minimum Gasteiger partial charge on any atom is -0.396 e. The fraction of sp³-hybridized carbons (Fsp3) is 0.235. The number of nitrogens with two attached hydrogens (primary N) is 1. The van der Waals surface area contributed by atoms with E-state index in [2.05, 4.69) is 12.1 Å². The zero-order chi connectivity index (χ0) is 15.0. The molecule has 4 heteroatoms. The molecule has 0 bridgehead atoms. The first-order chi connectivity index (χ1) is 10.1. The first-order valence-electron chi connectivity index (χ1n) is 6.98. The molecular formula is C17H17FN2O. The number of hydrogen-bond acceptors (Lipinski definition) is 2. The smallest absolute Gasteiger partial charge is 0.254 e. The average molecular weight is 284 g/mol. The van der Waals surface area contributed by atoms with Gasteiger partial charge in [0.25, 0.3) is 5.91 Å². The highest BCUT2D eigenvalue weighted by molar-refractivity contribution is 5.95. The first kappa shape index (κ1) is 13.6. The number of carbonyl (C=O) groups excluding carboxylic acids is 1. The van der Waals surface area contributed by atoms with Crippen molar-refractivity contribution in [2.45, 2.75) is 18.9 Å². The Balaban J connectivity index is 1.87. The summed E-state index contributed by atoms with van der Waals surface area (Å²) in [6.45, 7) is 0. The van der Waals surface area contributed by atoms with Gasteiger partial charge >= 0.3 is 0 Å². The van der Waals surface area contributed by atoms with E-state index in [4.69, 9.17) is 5.73 Å². The van der Waals surface area contributed by atoms with Crippen molar-refractivity contribution in [1.29, 1.82) is 0 Å². The lowest BCUT2D eigenvalue weighted by molar-refractivity contribution is 0.0730. The first-order valence-corrected chi connectivity index (χ1v) is 6.98. The van der Waals surface area contributed by atoms with E-state index in [0.717, 1.165) is 12.8 Å². The van der Waals surface area contributed by atoms with Gasteiger partial charge in [-0.3, -0.25) is 4.79 Å². The summed E-state index contributed by atoms with van der Waals surface area (Å²) in [5.74, 6) is -0.635. The van der Waals surface area contributed by atoms with Crippen LogP contribution in [0.15, 0.2) is 42.5 Å². The van der Waals surface area contributed by atoms with Crippen molar-refractivity contribution in [1.82, 2.24) is 4.90 Å². The molecule has 1 aliphatic rings. The minimum absolute atomic E-state index is 0.000993. The molecule has 3 rings (SSSR count). The molecule has 0 radical (unpaired) electrons. The van der Waals surface area contributed by atoms with Gasteiger partial charge in [0.2, 0.25) is 0 Å². The van der Waals surface area contributed by atoms with E-state index in [1.807, 2.05) is 12.1 Å². The number of aryl methyl sites for hydroxylation is 1. The lowest BCUT2D eigenvalue weighted by atomic mass is 10.1. The summed E-state index contributed by atoms with van der Waals surface area (Å²) >= 11 is 0. The van der Waals surface area contributed by atoms with Crippen molar-refractivity contribution in [3.63, 3.8) is 0 Å². The molecule has 1 unspecified atom stereocenters. The fourth-order valence-electron chi connectivity index (χ4n) is 2.96. The number of nitrogens with zero attached hydrogens (tertiary/aromatic N) is 1. The molecule has 0 heterocycles. The van der Waals surface area contributed by atoms with Gasteiger partial charge in [-0.15, -0.1) is 0 Å². The van der Waals surface area contributed by atoms with Gasteiger partial charge in [-0.05, 0) is 42.2 Å². The molecule has 2 aromatic carbocycles. The number of fused-ring (bicyclic) bond motifs is 1. The Labute approximate surface area is 123 Å². The van der Waals surface area contributed by atoms with Crippen molar-refractivity contribution in [3.05, 3.63) is 65.0 Å². The van der Waals surface area contributed by atoms with Crippen LogP contribution in [0.1, 0.15) is 33.9 Å². The topological polar surface area (TPSA) is 46.3 Å². The second-order valence-corrected chi connectivity index (χ2v) is 5.41. The quantitative estimate of drug-likeness (QED) is 0.861. The van der Waals surface area contributed by atoms with Gasteiger partial charge in [-0.25, -0.2) is 4.39 Å². The van der Waals surface area contributed by atoms with Gasteiger partial charge in [0, 0.05) is 12.6 Å². The Kier molecular flexibility index (Phi) is 3.37. The van der Waals surface area contributed by atoms with Crippen molar-refractivity contribution in [2.75, 3.05) is 12.8 Å². The second-order valence-electron chi connectivity index (χ2n) is 5.41. The minimum atomic E-state index is -0.500. The fourth-order valence-corrected chi connectivity index (χ4v) is 2.96. The number of rotatable bonds is 2. The van der Waals surface area contributed by atoms with E-state index in [0.29, 0.717) is 5.56 Å². The highest BCUT2D eigenvalue weighted by Crippen LogP contribution is 2.35. The predicted octanol–water partition coefficient (Wildman–Crippen LogP) is 3.17. The second kappa shape index (κ2) is 5.20. The molecule has 1 aliphatic carbocycles. The number of carbonyl (C=O) groups is 1. The van der Waals surface area contributed by atoms with Crippen LogP contribution >= 0.6 is 0 Å². The SMILES string of the molecule is CN(C(=O)c1ccc(F)c(N)c1)C1CCc2ccccc21. The van der Waals surface area contributed by atoms with Crippen molar-refractivity contribution in [2.24, 2.45) is 0 Å². The summed E-state index contributed by atoms with van der Waals surface area (Å²) in [4.78, 5) is 14.3. The molecule has 1 atom stereocenters.